The summed E-state index contributed by atoms with van der Waals surface area (Å²) < 4.78 is 13.6. The zero-order valence-corrected chi connectivity index (χ0v) is 9.78. The van der Waals surface area contributed by atoms with Gasteiger partial charge in [-0.3, -0.25) is 4.79 Å². The first kappa shape index (κ1) is 13.3. The molecule has 0 saturated carbocycles. The number of carboxylic acids is 1. The molecule has 0 spiro atoms. The average molecular weight is 269 g/mol. The number of phenols is 1. The van der Waals surface area contributed by atoms with Crippen LogP contribution in [0.15, 0.2) is 18.2 Å². The Labute approximate surface area is 107 Å². The summed E-state index contributed by atoms with van der Waals surface area (Å²) in [6.45, 7) is -0.205. The van der Waals surface area contributed by atoms with E-state index in [-0.39, 0.29) is 13.0 Å². The molecule has 7 heteroatoms. The monoisotopic (exact) mass is 269 g/mol. The first-order chi connectivity index (χ1) is 8.91. The minimum atomic E-state index is -1.28. The molecular formula is C12H12FNO5. The van der Waals surface area contributed by atoms with E-state index in [2.05, 4.69) is 0 Å². The van der Waals surface area contributed by atoms with Crippen molar-refractivity contribution in [1.29, 1.82) is 0 Å². The van der Waals surface area contributed by atoms with Crippen LogP contribution < -0.4 is 0 Å². The molecule has 1 saturated heterocycles. The number of carbonyl (C=O) groups excluding carboxylic acids is 1. The Kier molecular flexibility index (Phi) is 3.39. The lowest BCUT2D eigenvalue weighted by molar-refractivity contribution is -0.141. The molecule has 0 aliphatic carbocycles. The van der Waals surface area contributed by atoms with E-state index in [4.69, 9.17) is 5.11 Å². The van der Waals surface area contributed by atoms with Crippen LogP contribution >= 0.6 is 0 Å². The van der Waals surface area contributed by atoms with Crippen molar-refractivity contribution >= 4 is 11.9 Å². The number of phenolic OH excluding ortho intramolecular Hbond substituents is 1. The molecule has 0 aromatic heterocycles. The highest BCUT2D eigenvalue weighted by atomic mass is 19.1. The number of hydrogen-bond acceptors (Lipinski definition) is 4. The summed E-state index contributed by atoms with van der Waals surface area (Å²) in [7, 11) is 0. The van der Waals surface area contributed by atoms with Gasteiger partial charge in [0.25, 0.3) is 5.91 Å². The molecule has 1 unspecified atom stereocenters. The number of benzene rings is 1. The molecule has 102 valence electrons. The maximum Gasteiger partial charge on any atom is 0.326 e. The summed E-state index contributed by atoms with van der Waals surface area (Å²) in [5.74, 6) is -3.72. The molecule has 1 aromatic rings. The number of carboxylic acid groups (broad SMARTS) is 1. The van der Waals surface area contributed by atoms with Crippen molar-refractivity contribution in [3.63, 3.8) is 0 Å². The number of β-amino-alcohol motifs (C(OH)–C–C–N with tert-alkyl or cyclic N) is 1. The molecule has 1 aromatic carbocycles. The van der Waals surface area contributed by atoms with E-state index in [0.717, 1.165) is 17.0 Å². The summed E-state index contributed by atoms with van der Waals surface area (Å²) in [6, 6.07) is 2.14. The second kappa shape index (κ2) is 4.85. The minimum Gasteiger partial charge on any atom is -0.507 e. The maximum atomic E-state index is 13.6. The third kappa shape index (κ3) is 2.37. The van der Waals surface area contributed by atoms with Gasteiger partial charge in [-0.2, -0.15) is 0 Å². The summed E-state index contributed by atoms with van der Waals surface area (Å²) in [4.78, 5) is 24.0. The summed E-state index contributed by atoms with van der Waals surface area (Å²) >= 11 is 0. The summed E-state index contributed by atoms with van der Waals surface area (Å²) in [5.41, 5.74) is -0.581. The first-order valence-electron chi connectivity index (χ1n) is 5.61. The van der Waals surface area contributed by atoms with E-state index in [9.17, 15) is 24.2 Å². The topological polar surface area (TPSA) is 98.1 Å². The number of amides is 1. The fraction of sp³-hybridized carbons (Fsp3) is 0.333. The van der Waals surface area contributed by atoms with E-state index in [0.29, 0.717) is 0 Å². The first-order valence-corrected chi connectivity index (χ1v) is 5.61. The number of carbonyl (C=O) groups is 2. The van der Waals surface area contributed by atoms with Crippen molar-refractivity contribution in [1.82, 2.24) is 4.90 Å². The van der Waals surface area contributed by atoms with Crippen LogP contribution in [-0.2, 0) is 4.79 Å². The van der Waals surface area contributed by atoms with Gasteiger partial charge in [-0.15, -0.1) is 0 Å². The molecule has 2 atom stereocenters. The van der Waals surface area contributed by atoms with Crippen LogP contribution in [0.2, 0.25) is 0 Å². The Morgan fingerprint density at radius 1 is 1.37 bits per heavy atom. The largest absolute Gasteiger partial charge is 0.507 e. The van der Waals surface area contributed by atoms with Crippen LogP contribution in [0.1, 0.15) is 16.8 Å². The normalized spacial score (nSPS) is 22.5. The minimum absolute atomic E-state index is 0.115. The maximum absolute atomic E-state index is 13.6. The van der Waals surface area contributed by atoms with E-state index < -0.39 is 41.2 Å². The molecule has 1 aliphatic heterocycles. The van der Waals surface area contributed by atoms with Crippen molar-refractivity contribution in [3.05, 3.63) is 29.6 Å². The average Bonchev–Trinajstić information content (AvgIpc) is 2.71. The van der Waals surface area contributed by atoms with E-state index in [1.165, 1.54) is 6.07 Å². The quantitative estimate of drug-likeness (QED) is 0.712. The second-order valence-corrected chi connectivity index (χ2v) is 4.34. The lowest BCUT2D eigenvalue weighted by atomic mass is 10.1. The van der Waals surface area contributed by atoms with Gasteiger partial charge >= 0.3 is 5.97 Å². The molecule has 6 nitrogen and oxygen atoms in total. The highest BCUT2D eigenvalue weighted by Gasteiger charge is 2.40. The van der Waals surface area contributed by atoms with Crippen molar-refractivity contribution in [3.8, 4) is 5.75 Å². The van der Waals surface area contributed by atoms with E-state index >= 15 is 0 Å². The van der Waals surface area contributed by atoms with Crippen molar-refractivity contribution in [2.75, 3.05) is 6.54 Å². The number of hydrogen-bond donors (Lipinski definition) is 3. The van der Waals surface area contributed by atoms with E-state index in [1.54, 1.807) is 0 Å². The van der Waals surface area contributed by atoms with Crippen LogP contribution in [0, 0.1) is 5.82 Å². The molecule has 0 bridgehead atoms. The number of likely N-dealkylation sites (tertiary alicyclic amines) is 1. The standard InChI is InChI=1S/C12H12FNO5/c13-7-2-1-3-9(16)10(7)11(17)14-5-6(15)4-8(14)12(18)19/h1-3,6,8,15-16H,4-5H2,(H,18,19)/t6?,8-/m0/s1. The molecule has 1 fully saturated rings. The summed E-state index contributed by atoms with van der Waals surface area (Å²) in [6.07, 6.45) is -1.09. The van der Waals surface area contributed by atoms with Gasteiger partial charge in [0.05, 0.1) is 6.10 Å². The predicted octanol–water partition coefficient (Wildman–Crippen LogP) is 0.191. The van der Waals surface area contributed by atoms with Crippen molar-refractivity contribution < 1.29 is 29.3 Å². The van der Waals surface area contributed by atoms with Gasteiger partial charge in [0.15, 0.2) is 0 Å². The number of aromatic hydroxyl groups is 1. The Hall–Kier alpha value is -2.15. The predicted molar refractivity (Wildman–Crippen MR) is 61.1 cm³/mol. The molecule has 1 amide bonds. The summed E-state index contributed by atoms with van der Waals surface area (Å²) in [5, 5.41) is 27.9. The molecule has 1 heterocycles. The smallest absolute Gasteiger partial charge is 0.326 e. The fourth-order valence-electron chi connectivity index (χ4n) is 2.14. The number of aliphatic carboxylic acids is 1. The van der Waals surface area contributed by atoms with Gasteiger partial charge in [0.2, 0.25) is 0 Å². The number of nitrogens with zero attached hydrogens (tertiary/aromatic N) is 1. The highest BCUT2D eigenvalue weighted by Crippen LogP contribution is 2.26. The highest BCUT2D eigenvalue weighted by molar-refractivity contribution is 5.99. The second-order valence-electron chi connectivity index (χ2n) is 4.34. The SMILES string of the molecule is O=C(O)[C@@H]1CC(O)CN1C(=O)c1c(O)cccc1F. The van der Waals surface area contributed by atoms with Gasteiger partial charge in [0, 0.05) is 13.0 Å². The Morgan fingerprint density at radius 2 is 2.05 bits per heavy atom. The fourth-order valence-corrected chi connectivity index (χ4v) is 2.14. The Balaban J connectivity index is 2.36. The van der Waals surface area contributed by atoms with Gasteiger partial charge in [-0.25, -0.2) is 9.18 Å². The zero-order chi connectivity index (χ0) is 14.2. The molecule has 0 radical (unpaired) electrons. The van der Waals surface area contributed by atoms with E-state index in [1.807, 2.05) is 0 Å². The Morgan fingerprint density at radius 3 is 2.63 bits per heavy atom. The van der Waals surface area contributed by atoms with Crippen LogP contribution in [0.4, 0.5) is 4.39 Å². The molecule has 2 rings (SSSR count). The molecule has 1 aliphatic rings. The lowest BCUT2D eigenvalue weighted by Crippen LogP contribution is -2.41. The number of aliphatic hydroxyl groups excluding tert-OH is 1. The third-order valence-corrected chi connectivity index (χ3v) is 3.03. The van der Waals surface area contributed by atoms with Crippen LogP contribution in [0.3, 0.4) is 0 Å². The van der Waals surface area contributed by atoms with Gasteiger partial charge in [0.1, 0.15) is 23.2 Å². The molecular weight excluding hydrogens is 257 g/mol. The molecule has 19 heavy (non-hydrogen) atoms. The van der Waals surface area contributed by atoms with Gasteiger partial charge < -0.3 is 20.2 Å². The van der Waals surface area contributed by atoms with Crippen LogP contribution in [-0.4, -0.2) is 50.8 Å². The van der Waals surface area contributed by atoms with Crippen molar-refractivity contribution in [2.45, 2.75) is 18.6 Å². The Bertz CT molecular complexity index is 513. The van der Waals surface area contributed by atoms with Crippen LogP contribution in [0.25, 0.3) is 0 Å². The number of halogens is 1. The van der Waals surface area contributed by atoms with Crippen LogP contribution in [0.5, 0.6) is 5.75 Å². The lowest BCUT2D eigenvalue weighted by Gasteiger charge is -2.21. The van der Waals surface area contributed by atoms with Gasteiger partial charge in [-0.1, -0.05) is 6.07 Å². The number of rotatable bonds is 2. The van der Waals surface area contributed by atoms with Gasteiger partial charge in [-0.05, 0) is 12.1 Å². The number of aliphatic hydroxyl groups is 1. The molecule has 3 N–H and O–H groups in total. The zero-order valence-electron chi connectivity index (χ0n) is 9.78. The van der Waals surface area contributed by atoms with Crippen molar-refractivity contribution in [2.24, 2.45) is 0 Å². The third-order valence-electron chi connectivity index (χ3n) is 3.03.